The second-order valence-electron chi connectivity index (χ2n) is 3.05. The predicted octanol–water partition coefficient (Wildman–Crippen LogP) is 2.42. The third-order valence-corrected chi connectivity index (χ3v) is 2.47. The molecule has 0 aliphatic carbocycles. The summed E-state index contributed by atoms with van der Waals surface area (Å²) < 4.78 is 0. The predicted molar refractivity (Wildman–Crippen MR) is 53.3 cm³/mol. The van der Waals surface area contributed by atoms with Crippen molar-refractivity contribution in [1.29, 1.82) is 0 Å². The molecule has 1 N–H and O–H groups in total. The summed E-state index contributed by atoms with van der Waals surface area (Å²) in [6.07, 6.45) is 2.48. The molecule has 1 rings (SSSR count). The Hall–Kier alpha value is -0.410. The Balaban J connectivity index is 2.17. The zero-order chi connectivity index (χ0) is 8.81. The minimum absolute atomic E-state index is 0.608. The van der Waals surface area contributed by atoms with Gasteiger partial charge >= 0.3 is 0 Å². The highest BCUT2D eigenvalue weighted by molar-refractivity contribution is 7.07. The first-order valence-corrected chi connectivity index (χ1v) is 5.37. The average Bonchev–Trinajstić information content (AvgIpc) is 2.53. The van der Waals surface area contributed by atoms with E-state index in [4.69, 9.17) is 0 Å². The molecular weight excluding hydrogens is 168 g/mol. The summed E-state index contributed by atoms with van der Waals surface area (Å²) in [6, 6.07) is 0.608. The molecule has 1 heterocycles. The molecule has 3 heteroatoms. The van der Waals surface area contributed by atoms with Crippen LogP contribution in [0.2, 0.25) is 0 Å². The van der Waals surface area contributed by atoms with Crippen LogP contribution in [0.3, 0.4) is 0 Å². The lowest BCUT2D eigenvalue weighted by molar-refractivity contribution is 0.505. The van der Waals surface area contributed by atoms with Gasteiger partial charge in [-0.1, -0.05) is 13.3 Å². The van der Waals surface area contributed by atoms with E-state index in [0.717, 1.165) is 12.2 Å². The molecule has 1 aromatic heterocycles. The van der Waals surface area contributed by atoms with E-state index in [2.05, 4.69) is 29.5 Å². The van der Waals surface area contributed by atoms with Gasteiger partial charge in [-0.25, -0.2) is 4.98 Å². The van der Waals surface area contributed by atoms with Crippen LogP contribution in [0.15, 0.2) is 10.9 Å². The Morgan fingerprint density at radius 1 is 1.67 bits per heavy atom. The van der Waals surface area contributed by atoms with Crippen molar-refractivity contribution < 1.29 is 0 Å². The minimum atomic E-state index is 0.608. The van der Waals surface area contributed by atoms with Gasteiger partial charge in [-0.15, -0.1) is 11.3 Å². The van der Waals surface area contributed by atoms with E-state index in [1.54, 1.807) is 11.3 Å². The number of nitrogens with one attached hydrogen (secondary N) is 1. The Labute approximate surface area is 78.0 Å². The molecule has 0 saturated heterocycles. The zero-order valence-electron chi connectivity index (χ0n) is 7.71. The lowest BCUT2D eigenvalue weighted by Crippen LogP contribution is -2.25. The van der Waals surface area contributed by atoms with Crippen LogP contribution in [0.25, 0.3) is 0 Å². The van der Waals surface area contributed by atoms with Crippen LogP contribution < -0.4 is 5.32 Å². The topological polar surface area (TPSA) is 24.9 Å². The molecule has 0 spiro atoms. The van der Waals surface area contributed by atoms with Crippen LogP contribution in [0.5, 0.6) is 0 Å². The Kier molecular flexibility index (Phi) is 4.25. The van der Waals surface area contributed by atoms with Crippen molar-refractivity contribution in [3.63, 3.8) is 0 Å². The molecule has 0 bridgehead atoms. The molecule has 0 saturated carbocycles. The van der Waals surface area contributed by atoms with Crippen LogP contribution in [0.1, 0.15) is 32.4 Å². The maximum absolute atomic E-state index is 4.20. The van der Waals surface area contributed by atoms with E-state index in [0.29, 0.717) is 6.04 Å². The third-order valence-electron chi connectivity index (χ3n) is 1.84. The highest BCUT2D eigenvalue weighted by Gasteiger charge is 1.99. The monoisotopic (exact) mass is 184 g/mol. The quantitative estimate of drug-likeness (QED) is 0.760. The van der Waals surface area contributed by atoms with E-state index in [-0.39, 0.29) is 0 Å². The summed E-state index contributed by atoms with van der Waals surface area (Å²) in [5, 5.41) is 5.52. The van der Waals surface area contributed by atoms with Gasteiger partial charge in [0.15, 0.2) is 0 Å². The molecule has 0 aliphatic rings. The van der Waals surface area contributed by atoms with Gasteiger partial charge in [-0.05, 0) is 13.3 Å². The lowest BCUT2D eigenvalue weighted by Gasteiger charge is -2.10. The molecule has 0 aromatic carbocycles. The number of hydrogen-bond acceptors (Lipinski definition) is 3. The maximum atomic E-state index is 4.20. The van der Waals surface area contributed by atoms with E-state index in [1.807, 2.05) is 5.51 Å². The molecule has 1 aromatic rings. The van der Waals surface area contributed by atoms with Crippen molar-refractivity contribution in [3.8, 4) is 0 Å². The normalized spacial score (nSPS) is 13.2. The van der Waals surface area contributed by atoms with E-state index in [1.165, 1.54) is 12.8 Å². The second kappa shape index (κ2) is 5.27. The molecule has 1 atom stereocenters. The molecule has 0 aliphatic heterocycles. The van der Waals surface area contributed by atoms with Crippen molar-refractivity contribution in [3.05, 3.63) is 16.6 Å². The van der Waals surface area contributed by atoms with E-state index >= 15 is 0 Å². The van der Waals surface area contributed by atoms with Crippen LogP contribution in [-0.2, 0) is 6.54 Å². The molecule has 68 valence electrons. The second-order valence-corrected chi connectivity index (χ2v) is 3.77. The summed E-state index contributed by atoms with van der Waals surface area (Å²) in [5.74, 6) is 0. The van der Waals surface area contributed by atoms with Crippen LogP contribution >= 0.6 is 11.3 Å². The standard InChI is InChI=1S/C9H16N2S/c1-3-4-8(2)10-5-9-6-12-7-11-9/h6-8,10H,3-5H2,1-2H3. The molecule has 0 fully saturated rings. The maximum Gasteiger partial charge on any atom is 0.0795 e. The van der Waals surface area contributed by atoms with Gasteiger partial charge in [0.2, 0.25) is 0 Å². The van der Waals surface area contributed by atoms with Crippen molar-refractivity contribution in [1.82, 2.24) is 10.3 Å². The SMILES string of the molecule is CCCC(C)NCc1cscn1. The van der Waals surface area contributed by atoms with Crippen LogP contribution in [0, 0.1) is 0 Å². The largest absolute Gasteiger partial charge is 0.309 e. The van der Waals surface area contributed by atoms with Gasteiger partial charge in [0, 0.05) is 18.0 Å². The fourth-order valence-corrected chi connectivity index (χ4v) is 1.70. The minimum Gasteiger partial charge on any atom is -0.309 e. The van der Waals surface area contributed by atoms with Gasteiger partial charge in [-0.3, -0.25) is 0 Å². The van der Waals surface area contributed by atoms with E-state index in [9.17, 15) is 0 Å². The third kappa shape index (κ3) is 3.32. The first kappa shape index (κ1) is 9.68. The smallest absolute Gasteiger partial charge is 0.0795 e. The number of nitrogens with zero attached hydrogens (tertiary/aromatic N) is 1. The Morgan fingerprint density at radius 2 is 2.50 bits per heavy atom. The van der Waals surface area contributed by atoms with Crippen molar-refractivity contribution in [2.45, 2.75) is 39.3 Å². The summed E-state index contributed by atoms with van der Waals surface area (Å²) in [7, 11) is 0. The van der Waals surface area contributed by atoms with Crippen molar-refractivity contribution in [2.75, 3.05) is 0 Å². The highest BCUT2D eigenvalue weighted by atomic mass is 32.1. The van der Waals surface area contributed by atoms with Gasteiger partial charge in [0.25, 0.3) is 0 Å². The fraction of sp³-hybridized carbons (Fsp3) is 0.667. The number of hydrogen-bond donors (Lipinski definition) is 1. The van der Waals surface area contributed by atoms with Crippen molar-refractivity contribution >= 4 is 11.3 Å². The summed E-state index contributed by atoms with van der Waals surface area (Å²) in [5.41, 5.74) is 3.03. The average molecular weight is 184 g/mol. The van der Waals surface area contributed by atoms with Gasteiger partial charge in [-0.2, -0.15) is 0 Å². The first-order valence-electron chi connectivity index (χ1n) is 4.43. The summed E-state index contributed by atoms with van der Waals surface area (Å²) >= 11 is 1.65. The fourth-order valence-electron chi connectivity index (χ4n) is 1.14. The van der Waals surface area contributed by atoms with Crippen LogP contribution in [0.4, 0.5) is 0 Å². The van der Waals surface area contributed by atoms with Gasteiger partial charge in [0.05, 0.1) is 11.2 Å². The molecule has 2 nitrogen and oxygen atoms in total. The molecule has 1 unspecified atom stereocenters. The highest BCUT2D eigenvalue weighted by Crippen LogP contribution is 2.02. The Bertz CT molecular complexity index is 196. The Morgan fingerprint density at radius 3 is 3.08 bits per heavy atom. The summed E-state index contributed by atoms with van der Waals surface area (Å²) in [6.45, 7) is 5.33. The molecule has 0 radical (unpaired) electrons. The molecular formula is C9H16N2S. The van der Waals surface area contributed by atoms with Gasteiger partial charge in [0.1, 0.15) is 0 Å². The number of aromatic nitrogens is 1. The van der Waals surface area contributed by atoms with Crippen LogP contribution in [-0.4, -0.2) is 11.0 Å². The zero-order valence-corrected chi connectivity index (χ0v) is 8.53. The number of rotatable bonds is 5. The molecule has 12 heavy (non-hydrogen) atoms. The van der Waals surface area contributed by atoms with Crippen molar-refractivity contribution in [2.24, 2.45) is 0 Å². The van der Waals surface area contributed by atoms with Gasteiger partial charge < -0.3 is 5.32 Å². The summed E-state index contributed by atoms with van der Waals surface area (Å²) in [4.78, 5) is 4.20. The molecule has 0 amide bonds. The number of thiazole rings is 1. The lowest BCUT2D eigenvalue weighted by atomic mass is 10.2. The van der Waals surface area contributed by atoms with E-state index < -0.39 is 0 Å². The first-order chi connectivity index (χ1) is 5.83.